The SMILES string of the molecule is Fc1ccc([C@@H](c2nnc(-c3ccccc3)o2)N2CCN(c3cccc(Cl)c3)CC2)cc1. The fourth-order valence-electron chi connectivity index (χ4n) is 4.11. The Labute approximate surface area is 191 Å². The van der Waals surface area contributed by atoms with Crippen LogP contribution in [0.2, 0.25) is 5.02 Å². The smallest absolute Gasteiger partial charge is 0.247 e. The molecule has 1 aliphatic heterocycles. The molecule has 0 unspecified atom stereocenters. The van der Waals surface area contributed by atoms with Gasteiger partial charge in [0.1, 0.15) is 11.9 Å². The van der Waals surface area contributed by atoms with Crippen molar-refractivity contribution in [3.8, 4) is 11.5 Å². The molecule has 0 amide bonds. The topological polar surface area (TPSA) is 45.4 Å². The maximum absolute atomic E-state index is 13.6. The number of hydrogen-bond acceptors (Lipinski definition) is 5. The Morgan fingerprint density at radius 3 is 2.31 bits per heavy atom. The second-order valence-corrected chi connectivity index (χ2v) is 8.20. The predicted octanol–water partition coefficient (Wildman–Crippen LogP) is 5.44. The number of nitrogens with zero attached hydrogens (tertiary/aromatic N) is 4. The zero-order valence-electron chi connectivity index (χ0n) is 17.4. The zero-order valence-corrected chi connectivity index (χ0v) is 18.1. The first kappa shape index (κ1) is 20.7. The van der Waals surface area contributed by atoms with Crippen molar-refractivity contribution in [3.63, 3.8) is 0 Å². The molecule has 5 rings (SSSR count). The lowest BCUT2D eigenvalue weighted by Crippen LogP contribution is -2.48. The van der Waals surface area contributed by atoms with E-state index in [-0.39, 0.29) is 11.9 Å². The molecule has 1 aliphatic rings. The molecular weight excluding hydrogens is 427 g/mol. The molecule has 0 radical (unpaired) electrons. The number of benzene rings is 3. The molecule has 1 aromatic heterocycles. The lowest BCUT2D eigenvalue weighted by atomic mass is 10.0. The van der Waals surface area contributed by atoms with Gasteiger partial charge in [-0.15, -0.1) is 10.2 Å². The first-order valence-corrected chi connectivity index (χ1v) is 10.9. The summed E-state index contributed by atoms with van der Waals surface area (Å²) in [7, 11) is 0. The molecule has 5 nitrogen and oxygen atoms in total. The Balaban J connectivity index is 1.41. The van der Waals surface area contributed by atoms with Gasteiger partial charge in [0.15, 0.2) is 0 Å². The van der Waals surface area contributed by atoms with Crippen molar-refractivity contribution < 1.29 is 8.81 Å². The van der Waals surface area contributed by atoms with Crippen molar-refractivity contribution in [2.45, 2.75) is 6.04 Å². The number of rotatable bonds is 5. The van der Waals surface area contributed by atoms with E-state index in [0.717, 1.165) is 48.0 Å². The van der Waals surface area contributed by atoms with E-state index < -0.39 is 0 Å². The van der Waals surface area contributed by atoms with Crippen LogP contribution in [0.5, 0.6) is 0 Å². The van der Waals surface area contributed by atoms with Gasteiger partial charge >= 0.3 is 0 Å². The fourth-order valence-corrected chi connectivity index (χ4v) is 4.29. The minimum Gasteiger partial charge on any atom is -0.419 e. The van der Waals surface area contributed by atoms with E-state index in [4.69, 9.17) is 16.0 Å². The Bertz CT molecular complexity index is 1170. The minimum atomic E-state index is -0.270. The normalized spacial score (nSPS) is 15.6. The lowest BCUT2D eigenvalue weighted by Gasteiger charge is -2.39. The van der Waals surface area contributed by atoms with Crippen LogP contribution in [0.25, 0.3) is 11.5 Å². The summed E-state index contributed by atoms with van der Waals surface area (Å²) in [6.45, 7) is 3.24. The molecule has 4 aromatic rings. The van der Waals surface area contributed by atoms with Crippen LogP contribution >= 0.6 is 11.6 Å². The zero-order chi connectivity index (χ0) is 21.9. The Kier molecular flexibility index (Phi) is 5.88. The highest BCUT2D eigenvalue weighted by atomic mass is 35.5. The van der Waals surface area contributed by atoms with Crippen molar-refractivity contribution in [2.75, 3.05) is 31.1 Å². The summed E-state index contributed by atoms with van der Waals surface area (Å²) >= 11 is 6.17. The quantitative estimate of drug-likeness (QED) is 0.406. The molecule has 1 saturated heterocycles. The monoisotopic (exact) mass is 448 g/mol. The van der Waals surface area contributed by atoms with Gasteiger partial charge in [0.25, 0.3) is 0 Å². The molecular formula is C25H22ClFN4O. The summed E-state index contributed by atoms with van der Waals surface area (Å²) < 4.78 is 19.7. The van der Waals surface area contributed by atoms with Crippen LogP contribution in [0.15, 0.2) is 83.3 Å². The fraction of sp³-hybridized carbons (Fsp3) is 0.200. The van der Waals surface area contributed by atoms with Crippen molar-refractivity contribution in [1.29, 1.82) is 0 Å². The van der Waals surface area contributed by atoms with Crippen LogP contribution in [0, 0.1) is 5.82 Å². The summed E-state index contributed by atoms with van der Waals surface area (Å²) in [5.74, 6) is 0.714. The van der Waals surface area contributed by atoms with Crippen LogP contribution in [-0.4, -0.2) is 41.3 Å². The van der Waals surface area contributed by atoms with Gasteiger partial charge < -0.3 is 9.32 Å². The maximum Gasteiger partial charge on any atom is 0.247 e. The molecule has 1 atom stereocenters. The highest BCUT2D eigenvalue weighted by Crippen LogP contribution is 2.32. The van der Waals surface area contributed by atoms with E-state index in [2.05, 4.69) is 26.1 Å². The van der Waals surface area contributed by atoms with E-state index >= 15 is 0 Å². The molecule has 1 fully saturated rings. The summed E-state index contributed by atoms with van der Waals surface area (Å²) in [4.78, 5) is 4.61. The van der Waals surface area contributed by atoms with Gasteiger partial charge in [0, 0.05) is 42.5 Å². The van der Waals surface area contributed by atoms with Crippen LogP contribution in [0.1, 0.15) is 17.5 Å². The molecule has 32 heavy (non-hydrogen) atoms. The second kappa shape index (κ2) is 9.10. The van der Waals surface area contributed by atoms with E-state index in [1.807, 2.05) is 48.5 Å². The van der Waals surface area contributed by atoms with Crippen molar-refractivity contribution in [3.05, 3.63) is 101 Å². The number of aromatic nitrogens is 2. The molecule has 0 saturated carbocycles. The molecule has 0 N–H and O–H groups in total. The van der Waals surface area contributed by atoms with Gasteiger partial charge in [-0.2, -0.15) is 0 Å². The summed E-state index contributed by atoms with van der Waals surface area (Å²) in [5.41, 5.74) is 2.90. The highest BCUT2D eigenvalue weighted by molar-refractivity contribution is 6.30. The average Bonchev–Trinajstić information content (AvgIpc) is 3.31. The van der Waals surface area contributed by atoms with Crippen LogP contribution in [0.3, 0.4) is 0 Å². The van der Waals surface area contributed by atoms with E-state index in [9.17, 15) is 4.39 Å². The molecule has 7 heteroatoms. The minimum absolute atomic E-state index is 0.248. The number of halogens is 2. The van der Waals surface area contributed by atoms with Gasteiger partial charge in [-0.3, -0.25) is 4.90 Å². The van der Waals surface area contributed by atoms with Crippen molar-refractivity contribution >= 4 is 17.3 Å². The van der Waals surface area contributed by atoms with Gasteiger partial charge in [-0.05, 0) is 48.0 Å². The first-order chi connectivity index (χ1) is 15.7. The van der Waals surface area contributed by atoms with Crippen LogP contribution in [-0.2, 0) is 0 Å². The van der Waals surface area contributed by atoms with E-state index in [1.165, 1.54) is 12.1 Å². The second-order valence-electron chi connectivity index (χ2n) is 7.77. The lowest BCUT2D eigenvalue weighted by molar-refractivity contribution is 0.188. The van der Waals surface area contributed by atoms with Gasteiger partial charge in [-0.25, -0.2) is 4.39 Å². The molecule has 0 spiro atoms. The first-order valence-electron chi connectivity index (χ1n) is 10.6. The molecule has 0 aliphatic carbocycles. The molecule has 2 heterocycles. The standard InChI is InChI=1S/C25H22ClFN4O/c26-20-7-4-8-22(17-20)30-13-15-31(16-14-30)23(18-9-11-21(27)12-10-18)25-29-28-24(32-25)19-5-2-1-3-6-19/h1-12,17,23H,13-16H2/t23-/m0/s1. The van der Waals surface area contributed by atoms with E-state index in [1.54, 1.807) is 12.1 Å². The number of piperazine rings is 1. The largest absolute Gasteiger partial charge is 0.419 e. The third kappa shape index (κ3) is 4.38. The summed E-state index contributed by atoms with van der Waals surface area (Å²) in [5, 5.41) is 9.38. The summed E-state index contributed by atoms with van der Waals surface area (Å²) in [6.07, 6.45) is 0. The van der Waals surface area contributed by atoms with Crippen LogP contribution < -0.4 is 4.90 Å². The van der Waals surface area contributed by atoms with Gasteiger partial charge in [-0.1, -0.05) is 48.0 Å². The van der Waals surface area contributed by atoms with Gasteiger partial charge in [0.2, 0.25) is 11.8 Å². The van der Waals surface area contributed by atoms with Crippen LogP contribution in [0.4, 0.5) is 10.1 Å². The Hall–Kier alpha value is -3.22. The molecule has 162 valence electrons. The number of anilines is 1. The van der Waals surface area contributed by atoms with Crippen molar-refractivity contribution in [1.82, 2.24) is 15.1 Å². The number of hydrogen-bond donors (Lipinski definition) is 0. The molecule has 0 bridgehead atoms. The average molecular weight is 449 g/mol. The maximum atomic E-state index is 13.6. The summed E-state index contributed by atoms with van der Waals surface area (Å²) in [6, 6.07) is 23.9. The van der Waals surface area contributed by atoms with E-state index in [0.29, 0.717) is 11.8 Å². The molecule has 3 aromatic carbocycles. The third-order valence-electron chi connectivity index (χ3n) is 5.73. The third-order valence-corrected chi connectivity index (χ3v) is 5.97. The Morgan fingerprint density at radius 1 is 0.844 bits per heavy atom. The Morgan fingerprint density at radius 2 is 1.59 bits per heavy atom. The highest BCUT2D eigenvalue weighted by Gasteiger charge is 2.31. The van der Waals surface area contributed by atoms with Crippen molar-refractivity contribution in [2.24, 2.45) is 0 Å². The van der Waals surface area contributed by atoms with Gasteiger partial charge in [0.05, 0.1) is 0 Å². The predicted molar refractivity (Wildman–Crippen MR) is 123 cm³/mol.